The van der Waals surface area contributed by atoms with E-state index in [4.69, 9.17) is 14.2 Å². The van der Waals surface area contributed by atoms with Gasteiger partial charge in [-0.3, -0.25) is 0 Å². The monoisotopic (exact) mass is 271 g/mol. The molecule has 0 bridgehead atoms. The van der Waals surface area contributed by atoms with Crippen molar-refractivity contribution in [2.24, 2.45) is 0 Å². The summed E-state index contributed by atoms with van der Waals surface area (Å²) >= 11 is 0. The topological polar surface area (TPSA) is 39.7 Å². The third-order valence-corrected chi connectivity index (χ3v) is 3.10. The van der Waals surface area contributed by atoms with Crippen LogP contribution in [-0.4, -0.2) is 13.4 Å². The predicted molar refractivity (Wildman–Crippen MR) is 77.5 cm³/mol. The first-order valence-electron chi connectivity index (χ1n) is 6.70. The molecule has 3 rings (SSSR count). The average molecular weight is 271 g/mol. The van der Waals surface area contributed by atoms with Gasteiger partial charge in [0.05, 0.1) is 6.61 Å². The molecule has 0 radical (unpaired) electrons. The second-order valence-corrected chi connectivity index (χ2v) is 4.50. The third-order valence-electron chi connectivity index (χ3n) is 3.10. The quantitative estimate of drug-likeness (QED) is 0.904. The molecule has 0 unspecified atom stereocenters. The molecule has 1 N–H and O–H groups in total. The van der Waals surface area contributed by atoms with Crippen LogP contribution in [0.5, 0.6) is 17.2 Å². The molecule has 1 aliphatic heterocycles. The van der Waals surface area contributed by atoms with E-state index in [0.717, 1.165) is 35.0 Å². The Labute approximate surface area is 118 Å². The van der Waals surface area contributed by atoms with E-state index in [-0.39, 0.29) is 0 Å². The highest BCUT2D eigenvalue weighted by Crippen LogP contribution is 2.32. The molecule has 104 valence electrons. The molecule has 0 atom stereocenters. The van der Waals surface area contributed by atoms with Crippen LogP contribution >= 0.6 is 0 Å². The van der Waals surface area contributed by atoms with Gasteiger partial charge in [-0.05, 0) is 48.9 Å². The molecule has 0 saturated heterocycles. The first-order chi connectivity index (χ1) is 9.85. The van der Waals surface area contributed by atoms with Crippen molar-refractivity contribution in [1.82, 2.24) is 0 Å². The maximum atomic E-state index is 5.42. The van der Waals surface area contributed by atoms with Crippen LogP contribution in [0.15, 0.2) is 42.5 Å². The number of hydrogen-bond acceptors (Lipinski definition) is 4. The Bertz CT molecular complexity index is 581. The smallest absolute Gasteiger partial charge is 0.231 e. The lowest BCUT2D eigenvalue weighted by molar-refractivity contribution is 0.174. The second kappa shape index (κ2) is 5.74. The molecule has 2 aromatic carbocycles. The van der Waals surface area contributed by atoms with Gasteiger partial charge in [-0.1, -0.05) is 6.07 Å². The minimum atomic E-state index is 0.311. The van der Waals surface area contributed by atoms with Gasteiger partial charge in [-0.15, -0.1) is 0 Å². The summed E-state index contributed by atoms with van der Waals surface area (Å²) in [5.41, 5.74) is 2.22. The zero-order valence-corrected chi connectivity index (χ0v) is 11.4. The number of anilines is 1. The van der Waals surface area contributed by atoms with Crippen LogP contribution in [0.2, 0.25) is 0 Å². The molecule has 2 aromatic rings. The molecular weight excluding hydrogens is 254 g/mol. The summed E-state index contributed by atoms with van der Waals surface area (Å²) in [7, 11) is 0. The van der Waals surface area contributed by atoms with Crippen molar-refractivity contribution >= 4 is 5.69 Å². The van der Waals surface area contributed by atoms with E-state index in [2.05, 4.69) is 5.32 Å². The van der Waals surface area contributed by atoms with E-state index in [1.807, 2.05) is 49.4 Å². The van der Waals surface area contributed by atoms with Crippen LogP contribution in [-0.2, 0) is 6.54 Å². The molecular formula is C16H17NO3. The van der Waals surface area contributed by atoms with Gasteiger partial charge in [-0.25, -0.2) is 0 Å². The molecule has 4 heteroatoms. The van der Waals surface area contributed by atoms with Gasteiger partial charge in [0.25, 0.3) is 0 Å². The Hall–Kier alpha value is -2.36. The fraction of sp³-hybridized carbons (Fsp3) is 0.250. The van der Waals surface area contributed by atoms with Crippen LogP contribution in [0, 0.1) is 0 Å². The molecule has 1 aliphatic rings. The number of hydrogen-bond donors (Lipinski definition) is 1. The van der Waals surface area contributed by atoms with Crippen LogP contribution in [0.1, 0.15) is 12.5 Å². The highest BCUT2D eigenvalue weighted by atomic mass is 16.7. The number of fused-ring (bicyclic) bond motifs is 1. The second-order valence-electron chi connectivity index (χ2n) is 4.50. The van der Waals surface area contributed by atoms with E-state index >= 15 is 0 Å². The minimum absolute atomic E-state index is 0.311. The summed E-state index contributed by atoms with van der Waals surface area (Å²) in [5.74, 6) is 2.52. The van der Waals surface area contributed by atoms with Gasteiger partial charge >= 0.3 is 0 Å². The summed E-state index contributed by atoms with van der Waals surface area (Å²) in [6.45, 7) is 3.71. The molecule has 0 spiro atoms. The summed E-state index contributed by atoms with van der Waals surface area (Å²) in [5, 5.41) is 3.37. The molecule has 0 fully saturated rings. The number of benzene rings is 2. The van der Waals surface area contributed by atoms with Gasteiger partial charge in [0, 0.05) is 12.2 Å². The van der Waals surface area contributed by atoms with Crippen LogP contribution in [0.4, 0.5) is 5.69 Å². The van der Waals surface area contributed by atoms with Crippen molar-refractivity contribution in [1.29, 1.82) is 0 Å². The van der Waals surface area contributed by atoms with Crippen molar-refractivity contribution in [3.05, 3.63) is 48.0 Å². The summed E-state index contributed by atoms with van der Waals surface area (Å²) < 4.78 is 16.1. The first kappa shape index (κ1) is 12.7. The fourth-order valence-electron chi connectivity index (χ4n) is 2.09. The minimum Gasteiger partial charge on any atom is -0.494 e. The molecule has 20 heavy (non-hydrogen) atoms. The number of nitrogens with one attached hydrogen (secondary N) is 1. The summed E-state index contributed by atoms with van der Waals surface area (Å²) in [6.07, 6.45) is 0. The van der Waals surface area contributed by atoms with E-state index < -0.39 is 0 Å². The molecule has 4 nitrogen and oxygen atoms in total. The lowest BCUT2D eigenvalue weighted by Crippen LogP contribution is -1.99. The first-order valence-corrected chi connectivity index (χ1v) is 6.70. The average Bonchev–Trinajstić information content (AvgIpc) is 2.94. The largest absolute Gasteiger partial charge is 0.494 e. The van der Waals surface area contributed by atoms with Gasteiger partial charge in [0.15, 0.2) is 11.5 Å². The maximum Gasteiger partial charge on any atom is 0.231 e. The zero-order valence-electron chi connectivity index (χ0n) is 11.4. The molecule has 1 heterocycles. The Morgan fingerprint density at radius 2 is 1.85 bits per heavy atom. The van der Waals surface area contributed by atoms with Gasteiger partial charge in [-0.2, -0.15) is 0 Å². The molecule has 0 aromatic heterocycles. The van der Waals surface area contributed by atoms with E-state index in [1.54, 1.807) is 0 Å². The highest BCUT2D eigenvalue weighted by molar-refractivity contribution is 5.49. The van der Waals surface area contributed by atoms with Crippen molar-refractivity contribution in [2.75, 3.05) is 18.7 Å². The predicted octanol–water partition coefficient (Wildman–Crippen LogP) is 3.43. The Kier molecular flexibility index (Phi) is 3.63. The fourth-order valence-corrected chi connectivity index (χ4v) is 2.09. The summed E-state index contributed by atoms with van der Waals surface area (Å²) in [4.78, 5) is 0. The zero-order chi connectivity index (χ0) is 13.8. The van der Waals surface area contributed by atoms with E-state index in [0.29, 0.717) is 13.4 Å². The van der Waals surface area contributed by atoms with Gasteiger partial charge in [0.2, 0.25) is 6.79 Å². The maximum absolute atomic E-state index is 5.42. The van der Waals surface area contributed by atoms with Crippen molar-refractivity contribution in [3.8, 4) is 17.2 Å². The molecule has 0 saturated carbocycles. The van der Waals surface area contributed by atoms with Crippen LogP contribution in [0.3, 0.4) is 0 Å². The Balaban J connectivity index is 1.61. The van der Waals surface area contributed by atoms with Crippen LogP contribution < -0.4 is 19.5 Å². The molecule has 0 amide bonds. The summed E-state index contributed by atoms with van der Waals surface area (Å²) in [6, 6.07) is 13.9. The Morgan fingerprint density at radius 3 is 2.65 bits per heavy atom. The van der Waals surface area contributed by atoms with E-state index in [9.17, 15) is 0 Å². The SMILES string of the molecule is CCOc1ccc(NCc2ccc3c(c2)OCO3)cc1. The normalized spacial score (nSPS) is 12.2. The van der Waals surface area contributed by atoms with E-state index in [1.165, 1.54) is 0 Å². The number of ether oxygens (including phenoxy) is 3. The number of rotatable bonds is 5. The lowest BCUT2D eigenvalue weighted by Gasteiger charge is -2.08. The standard InChI is InChI=1S/C16H17NO3/c1-2-18-14-6-4-13(5-7-14)17-10-12-3-8-15-16(9-12)20-11-19-15/h3-9,17H,2,10-11H2,1H3. The molecule has 0 aliphatic carbocycles. The third kappa shape index (κ3) is 2.79. The van der Waals surface area contributed by atoms with Crippen molar-refractivity contribution in [3.63, 3.8) is 0 Å². The highest BCUT2D eigenvalue weighted by Gasteiger charge is 2.12. The van der Waals surface area contributed by atoms with Gasteiger partial charge in [0.1, 0.15) is 5.75 Å². The Morgan fingerprint density at radius 1 is 1.05 bits per heavy atom. The van der Waals surface area contributed by atoms with Crippen molar-refractivity contribution in [2.45, 2.75) is 13.5 Å². The van der Waals surface area contributed by atoms with Gasteiger partial charge < -0.3 is 19.5 Å². The lowest BCUT2D eigenvalue weighted by atomic mass is 10.2. The van der Waals surface area contributed by atoms with Crippen LogP contribution in [0.25, 0.3) is 0 Å². The van der Waals surface area contributed by atoms with Crippen molar-refractivity contribution < 1.29 is 14.2 Å².